The lowest BCUT2D eigenvalue weighted by molar-refractivity contribution is -0.137. The van der Waals surface area contributed by atoms with Crippen molar-refractivity contribution in [1.82, 2.24) is 29.5 Å². The monoisotopic (exact) mass is 608 g/mol. The van der Waals surface area contributed by atoms with Crippen molar-refractivity contribution in [2.75, 3.05) is 51.4 Å². The number of nitrogens with one attached hydrogen (secondary N) is 1. The lowest BCUT2D eigenvalue weighted by Crippen LogP contribution is -2.49. The van der Waals surface area contributed by atoms with Crippen LogP contribution in [0.15, 0.2) is 48.8 Å². The molecule has 0 spiro atoms. The molecule has 0 bridgehead atoms. The number of fused-ring (bicyclic) bond motifs is 1. The maximum absolute atomic E-state index is 13.2. The van der Waals surface area contributed by atoms with E-state index < -0.39 is 17.6 Å². The van der Waals surface area contributed by atoms with Gasteiger partial charge >= 0.3 is 6.18 Å². The third-order valence-corrected chi connectivity index (χ3v) is 8.76. The van der Waals surface area contributed by atoms with E-state index in [0.717, 1.165) is 64.0 Å². The second-order valence-electron chi connectivity index (χ2n) is 11.5. The summed E-state index contributed by atoms with van der Waals surface area (Å²) in [5.41, 5.74) is 7.57. The molecule has 2 fully saturated rings. The molecule has 6 rings (SSSR count). The van der Waals surface area contributed by atoms with Crippen LogP contribution in [-0.2, 0) is 6.18 Å². The van der Waals surface area contributed by atoms with Crippen molar-refractivity contribution in [3.8, 4) is 17.0 Å². The van der Waals surface area contributed by atoms with E-state index >= 15 is 0 Å². The Morgan fingerprint density at radius 1 is 1.00 bits per heavy atom. The first-order valence-corrected chi connectivity index (χ1v) is 14.7. The molecule has 232 valence electrons. The molecule has 3 N–H and O–H groups in total. The summed E-state index contributed by atoms with van der Waals surface area (Å²) in [5.74, 6) is -0.0707. The lowest BCUT2D eigenvalue weighted by Gasteiger charge is -2.41. The highest BCUT2D eigenvalue weighted by atomic mass is 19.4. The van der Waals surface area contributed by atoms with E-state index in [4.69, 9.17) is 15.6 Å². The van der Waals surface area contributed by atoms with E-state index in [9.17, 15) is 18.0 Å². The van der Waals surface area contributed by atoms with Gasteiger partial charge in [0.15, 0.2) is 5.65 Å². The van der Waals surface area contributed by atoms with Gasteiger partial charge in [-0.2, -0.15) is 18.3 Å². The van der Waals surface area contributed by atoms with Crippen LogP contribution in [0, 0.1) is 0 Å². The molecule has 1 saturated carbocycles. The molecule has 1 amide bonds. The van der Waals surface area contributed by atoms with Gasteiger partial charge in [0.2, 0.25) is 0 Å². The van der Waals surface area contributed by atoms with E-state index in [1.165, 1.54) is 25.6 Å². The average Bonchev–Trinajstić information content (AvgIpc) is 3.42. The number of nitrogens with zero attached hydrogens (tertiary/aromatic N) is 6. The number of methoxy groups -OCH3 is 1. The standard InChI is InChI=1S/C31H35F3N8O2/c1-40-12-14-41(15-13-40)22-7-9-23(10-8-22)42-29-26(28(35)36-18-37-29)27(39-42)19-6-11-24(25(17-19)44-2)38-30(43)20-4-3-5-21(16-20)31(32,33)34/h3-6,11,16-18,22-23H,7-10,12-15H2,1-2H3,(H,38,43)(H2,35,36,37). The van der Waals surface area contributed by atoms with Crippen molar-refractivity contribution < 1.29 is 22.7 Å². The number of hydrogen-bond acceptors (Lipinski definition) is 8. The molecule has 1 aliphatic carbocycles. The number of aromatic nitrogens is 4. The van der Waals surface area contributed by atoms with Crippen molar-refractivity contribution >= 4 is 28.4 Å². The first-order valence-electron chi connectivity index (χ1n) is 14.7. The van der Waals surface area contributed by atoms with E-state index in [-0.39, 0.29) is 11.6 Å². The molecule has 3 heterocycles. The van der Waals surface area contributed by atoms with Crippen molar-refractivity contribution in [3.05, 3.63) is 59.9 Å². The number of piperazine rings is 1. The minimum Gasteiger partial charge on any atom is -0.495 e. The van der Waals surface area contributed by atoms with Gasteiger partial charge in [-0.25, -0.2) is 14.6 Å². The fourth-order valence-corrected chi connectivity index (χ4v) is 6.28. The van der Waals surface area contributed by atoms with Crippen molar-refractivity contribution in [2.45, 2.75) is 43.9 Å². The van der Waals surface area contributed by atoms with Gasteiger partial charge in [-0.3, -0.25) is 9.69 Å². The molecule has 2 aliphatic rings. The Labute approximate surface area is 253 Å². The SMILES string of the molecule is COc1cc(-c2nn(C3CCC(N4CCN(C)CC4)CC3)c3ncnc(N)c23)ccc1NC(=O)c1cccc(C(F)(F)F)c1. The van der Waals surface area contributed by atoms with Gasteiger partial charge in [-0.15, -0.1) is 0 Å². The van der Waals surface area contributed by atoms with Crippen LogP contribution in [0.1, 0.15) is 47.6 Å². The van der Waals surface area contributed by atoms with Crippen molar-refractivity contribution in [3.63, 3.8) is 0 Å². The van der Waals surface area contributed by atoms with Gasteiger partial charge in [-0.05, 0) is 63.1 Å². The van der Waals surface area contributed by atoms with Gasteiger partial charge in [0, 0.05) is 43.3 Å². The summed E-state index contributed by atoms with van der Waals surface area (Å²) in [7, 11) is 3.62. The molecule has 0 radical (unpaired) electrons. The van der Waals surface area contributed by atoms with Crippen LogP contribution >= 0.6 is 0 Å². The number of nitrogens with two attached hydrogens (primary N) is 1. The largest absolute Gasteiger partial charge is 0.495 e. The number of nitrogen functional groups attached to an aromatic ring is 1. The molecule has 1 saturated heterocycles. The molecule has 0 unspecified atom stereocenters. The van der Waals surface area contributed by atoms with E-state index in [2.05, 4.69) is 32.1 Å². The fraction of sp³-hybridized carbons (Fsp3) is 0.419. The van der Waals surface area contributed by atoms with Crippen LogP contribution in [0.5, 0.6) is 5.75 Å². The number of hydrogen-bond donors (Lipinski definition) is 2. The zero-order valence-electron chi connectivity index (χ0n) is 24.6. The average molecular weight is 609 g/mol. The number of carbonyl (C=O) groups excluding carboxylic acids is 1. The Balaban J connectivity index is 1.25. The van der Waals surface area contributed by atoms with Crippen molar-refractivity contribution in [1.29, 1.82) is 0 Å². The molecule has 4 aromatic rings. The number of amides is 1. The summed E-state index contributed by atoms with van der Waals surface area (Å²) in [6.45, 7) is 4.40. The maximum atomic E-state index is 13.2. The summed E-state index contributed by atoms with van der Waals surface area (Å²) in [5, 5.41) is 8.30. The number of halogens is 3. The molecule has 13 heteroatoms. The van der Waals surface area contributed by atoms with Gasteiger partial charge in [0.25, 0.3) is 5.91 Å². The molecule has 2 aromatic carbocycles. The zero-order valence-corrected chi connectivity index (χ0v) is 24.6. The van der Waals surface area contributed by atoms with Crippen LogP contribution in [0.3, 0.4) is 0 Å². The molecule has 2 aromatic heterocycles. The minimum absolute atomic E-state index is 0.122. The van der Waals surface area contributed by atoms with Gasteiger partial charge < -0.3 is 20.7 Å². The molecule has 1 aliphatic heterocycles. The number of anilines is 2. The third-order valence-electron chi connectivity index (χ3n) is 8.76. The highest BCUT2D eigenvalue weighted by Crippen LogP contribution is 2.39. The zero-order chi connectivity index (χ0) is 31.0. The Morgan fingerprint density at radius 2 is 1.73 bits per heavy atom. The number of likely N-dealkylation sites (N-methyl/N-ethyl adjacent to an activating group) is 1. The Hall–Kier alpha value is -4.23. The maximum Gasteiger partial charge on any atom is 0.416 e. The first kappa shape index (κ1) is 29.8. The predicted octanol–water partition coefficient (Wildman–Crippen LogP) is 5.09. The predicted molar refractivity (Wildman–Crippen MR) is 161 cm³/mol. The van der Waals surface area contributed by atoms with Crippen LogP contribution in [0.25, 0.3) is 22.3 Å². The third kappa shape index (κ3) is 5.93. The summed E-state index contributed by atoms with van der Waals surface area (Å²) < 4.78 is 47.0. The Bertz CT molecular complexity index is 1660. The summed E-state index contributed by atoms with van der Waals surface area (Å²) in [4.78, 5) is 26.6. The molecule has 0 atom stereocenters. The van der Waals surface area contributed by atoms with Gasteiger partial charge in [0.1, 0.15) is 23.6 Å². The topological polar surface area (TPSA) is 114 Å². The van der Waals surface area contributed by atoms with E-state index in [1.807, 2.05) is 4.68 Å². The normalized spacial score (nSPS) is 20.1. The van der Waals surface area contributed by atoms with Crippen LogP contribution in [-0.4, -0.2) is 81.8 Å². The fourth-order valence-electron chi connectivity index (χ4n) is 6.28. The van der Waals surface area contributed by atoms with E-state index in [0.29, 0.717) is 45.6 Å². The minimum atomic E-state index is -4.56. The van der Waals surface area contributed by atoms with Gasteiger partial charge in [-0.1, -0.05) is 12.1 Å². The molecular weight excluding hydrogens is 573 g/mol. The van der Waals surface area contributed by atoms with Crippen molar-refractivity contribution in [2.24, 2.45) is 0 Å². The molecular formula is C31H35F3N8O2. The molecule has 10 nitrogen and oxygen atoms in total. The van der Waals surface area contributed by atoms with Crippen LogP contribution in [0.4, 0.5) is 24.7 Å². The molecule has 44 heavy (non-hydrogen) atoms. The second kappa shape index (κ2) is 12.0. The number of carbonyl (C=O) groups is 1. The number of alkyl halides is 3. The summed E-state index contributed by atoms with van der Waals surface area (Å²) >= 11 is 0. The Kier molecular flexibility index (Phi) is 8.16. The first-order chi connectivity index (χ1) is 21.1. The highest BCUT2D eigenvalue weighted by Gasteiger charge is 2.32. The number of rotatable bonds is 6. The van der Waals surface area contributed by atoms with Crippen LogP contribution in [0.2, 0.25) is 0 Å². The van der Waals surface area contributed by atoms with Gasteiger partial charge in [0.05, 0.1) is 29.8 Å². The number of ether oxygens (including phenoxy) is 1. The quantitative estimate of drug-likeness (QED) is 0.311. The Morgan fingerprint density at radius 3 is 2.43 bits per heavy atom. The second-order valence-corrected chi connectivity index (χ2v) is 11.5. The summed E-state index contributed by atoms with van der Waals surface area (Å²) in [6.07, 6.45) is 1.00. The smallest absolute Gasteiger partial charge is 0.416 e. The highest BCUT2D eigenvalue weighted by molar-refractivity contribution is 6.05. The number of benzene rings is 2. The van der Waals surface area contributed by atoms with E-state index in [1.54, 1.807) is 18.2 Å². The lowest BCUT2D eigenvalue weighted by atomic mass is 9.90. The van der Waals surface area contributed by atoms with Crippen LogP contribution < -0.4 is 15.8 Å². The summed E-state index contributed by atoms with van der Waals surface area (Å²) in [6, 6.07) is 10.1.